The molecule has 0 aliphatic carbocycles. The predicted molar refractivity (Wildman–Crippen MR) is 54.7 cm³/mol. The topological polar surface area (TPSA) is 34.1 Å². The van der Waals surface area contributed by atoms with Gasteiger partial charge in [0.15, 0.2) is 5.78 Å². The van der Waals surface area contributed by atoms with E-state index in [1.54, 1.807) is 24.3 Å². The molecule has 0 saturated carbocycles. The summed E-state index contributed by atoms with van der Waals surface area (Å²) in [6.45, 7) is 0. The molecule has 1 aromatic rings. The average Bonchev–Trinajstić information content (AvgIpc) is 2.03. The highest BCUT2D eigenvalue weighted by Gasteiger charge is 2.07. The second-order valence-corrected chi connectivity index (χ2v) is 4.52. The standard InChI is InChI=1S/C9H9ClO2S/c1-13(12)6-9(11)7-3-2-4-8(10)5-7/h2-5H,6H2,1H3. The first kappa shape index (κ1) is 10.4. The molecule has 0 amide bonds. The number of halogens is 1. The van der Waals surface area contributed by atoms with Crippen molar-refractivity contribution in [2.45, 2.75) is 0 Å². The van der Waals surface area contributed by atoms with Crippen LogP contribution in [0.25, 0.3) is 0 Å². The Hall–Kier alpha value is -0.670. The van der Waals surface area contributed by atoms with E-state index >= 15 is 0 Å². The molecule has 4 heteroatoms. The molecule has 13 heavy (non-hydrogen) atoms. The van der Waals surface area contributed by atoms with Crippen molar-refractivity contribution in [3.63, 3.8) is 0 Å². The average molecular weight is 217 g/mol. The fourth-order valence-corrected chi connectivity index (χ4v) is 1.66. The first-order chi connectivity index (χ1) is 6.09. The molecular formula is C9H9ClO2S. The van der Waals surface area contributed by atoms with Gasteiger partial charge in [-0.1, -0.05) is 23.7 Å². The minimum absolute atomic E-state index is 0.0559. The van der Waals surface area contributed by atoms with Crippen LogP contribution in [0, 0.1) is 0 Å². The zero-order valence-electron chi connectivity index (χ0n) is 7.12. The van der Waals surface area contributed by atoms with Crippen LogP contribution < -0.4 is 0 Å². The highest BCUT2D eigenvalue weighted by Crippen LogP contribution is 2.11. The normalized spacial score (nSPS) is 12.5. The summed E-state index contributed by atoms with van der Waals surface area (Å²) in [6.07, 6.45) is 1.50. The van der Waals surface area contributed by atoms with Gasteiger partial charge in [0.2, 0.25) is 0 Å². The Labute approximate surface area is 84.4 Å². The van der Waals surface area contributed by atoms with Crippen LogP contribution in [0.2, 0.25) is 5.02 Å². The Morgan fingerprint density at radius 2 is 2.23 bits per heavy atom. The van der Waals surface area contributed by atoms with Crippen LogP contribution in [0.3, 0.4) is 0 Å². The first-order valence-electron chi connectivity index (χ1n) is 3.68. The number of hydrogen-bond acceptors (Lipinski definition) is 2. The van der Waals surface area contributed by atoms with Crippen LogP contribution >= 0.6 is 11.6 Å². The van der Waals surface area contributed by atoms with Gasteiger partial charge in [0.05, 0.1) is 5.75 Å². The summed E-state index contributed by atoms with van der Waals surface area (Å²) < 4.78 is 10.8. The van der Waals surface area contributed by atoms with Crippen molar-refractivity contribution in [3.05, 3.63) is 34.9 Å². The molecule has 0 aromatic heterocycles. The van der Waals surface area contributed by atoms with Gasteiger partial charge in [-0.05, 0) is 12.1 Å². The van der Waals surface area contributed by atoms with E-state index in [-0.39, 0.29) is 11.5 Å². The number of Topliss-reactive ketones (excluding diaryl/α,β-unsaturated/α-hetero) is 1. The summed E-state index contributed by atoms with van der Waals surface area (Å²) in [7, 11) is -1.10. The minimum atomic E-state index is -1.10. The molecule has 2 nitrogen and oxygen atoms in total. The predicted octanol–water partition coefficient (Wildman–Crippen LogP) is 1.90. The summed E-state index contributed by atoms with van der Waals surface area (Å²) in [5.74, 6) is -0.0799. The lowest BCUT2D eigenvalue weighted by atomic mass is 10.1. The van der Waals surface area contributed by atoms with Crippen molar-refractivity contribution < 1.29 is 9.00 Å². The fourth-order valence-electron chi connectivity index (χ4n) is 0.930. The van der Waals surface area contributed by atoms with Crippen molar-refractivity contribution >= 4 is 28.2 Å². The highest BCUT2D eigenvalue weighted by molar-refractivity contribution is 7.85. The molecular weight excluding hydrogens is 208 g/mol. The van der Waals surface area contributed by atoms with Gasteiger partial charge < -0.3 is 0 Å². The van der Waals surface area contributed by atoms with E-state index in [1.807, 2.05) is 0 Å². The van der Waals surface area contributed by atoms with E-state index in [4.69, 9.17) is 11.6 Å². The molecule has 0 saturated heterocycles. The Morgan fingerprint density at radius 3 is 2.77 bits per heavy atom. The van der Waals surface area contributed by atoms with Gasteiger partial charge in [-0.2, -0.15) is 0 Å². The second kappa shape index (κ2) is 4.53. The van der Waals surface area contributed by atoms with Gasteiger partial charge in [-0.3, -0.25) is 9.00 Å². The summed E-state index contributed by atoms with van der Waals surface area (Å²) in [5, 5.41) is 0.521. The first-order valence-corrected chi connectivity index (χ1v) is 5.79. The molecule has 0 spiro atoms. The summed E-state index contributed by atoms with van der Waals surface area (Å²) in [5.41, 5.74) is 0.516. The lowest BCUT2D eigenvalue weighted by Crippen LogP contribution is -2.09. The Kier molecular flexibility index (Phi) is 3.63. The molecule has 0 radical (unpaired) electrons. The number of benzene rings is 1. The number of ketones is 1. The van der Waals surface area contributed by atoms with Crippen molar-refractivity contribution in [3.8, 4) is 0 Å². The molecule has 1 unspecified atom stereocenters. The van der Waals surface area contributed by atoms with Crippen molar-refractivity contribution in [2.75, 3.05) is 12.0 Å². The van der Waals surface area contributed by atoms with Crippen molar-refractivity contribution in [1.29, 1.82) is 0 Å². The van der Waals surface area contributed by atoms with Crippen LogP contribution in [0.15, 0.2) is 24.3 Å². The summed E-state index contributed by atoms with van der Waals surface area (Å²) in [6, 6.07) is 6.65. The van der Waals surface area contributed by atoms with E-state index in [9.17, 15) is 9.00 Å². The molecule has 0 N–H and O–H groups in total. The number of carbonyl (C=O) groups excluding carboxylic acids is 1. The van der Waals surface area contributed by atoms with Crippen molar-refractivity contribution in [1.82, 2.24) is 0 Å². The maximum Gasteiger partial charge on any atom is 0.175 e. The third kappa shape index (κ3) is 3.28. The number of hydrogen-bond donors (Lipinski definition) is 0. The van der Waals surface area contributed by atoms with E-state index in [1.165, 1.54) is 6.26 Å². The fraction of sp³-hybridized carbons (Fsp3) is 0.222. The van der Waals surface area contributed by atoms with Gasteiger partial charge in [0, 0.05) is 27.6 Å². The quantitative estimate of drug-likeness (QED) is 0.724. The summed E-state index contributed by atoms with van der Waals surface area (Å²) in [4.78, 5) is 11.4. The highest BCUT2D eigenvalue weighted by atomic mass is 35.5. The monoisotopic (exact) mass is 216 g/mol. The van der Waals surface area contributed by atoms with Gasteiger partial charge in [-0.25, -0.2) is 0 Å². The van der Waals surface area contributed by atoms with Crippen molar-refractivity contribution in [2.24, 2.45) is 0 Å². The Bertz CT molecular complexity index is 349. The van der Waals surface area contributed by atoms with Crippen LogP contribution in [0.1, 0.15) is 10.4 Å². The van der Waals surface area contributed by atoms with Gasteiger partial charge in [0.1, 0.15) is 0 Å². The SMILES string of the molecule is CS(=O)CC(=O)c1cccc(Cl)c1. The van der Waals surface area contributed by atoms with E-state index in [0.717, 1.165) is 0 Å². The van der Waals surface area contributed by atoms with Crippen LogP contribution in [0.4, 0.5) is 0 Å². The van der Waals surface area contributed by atoms with Crippen LogP contribution in [-0.2, 0) is 10.8 Å². The zero-order valence-corrected chi connectivity index (χ0v) is 8.69. The molecule has 0 heterocycles. The van der Waals surface area contributed by atoms with Gasteiger partial charge in [0.25, 0.3) is 0 Å². The molecule has 0 aliphatic heterocycles. The molecule has 0 aliphatic rings. The lowest BCUT2D eigenvalue weighted by molar-refractivity contribution is 0.102. The van der Waals surface area contributed by atoms with E-state index < -0.39 is 10.8 Å². The van der Waals surface area contributed by atoms with E-state index in [0.29, 0.717) is 10.6 Å². The molecule has 1 aromatic carbocycles. The van der Waals surface area contributed by atoms with Gasteiger partial charge in [-0.15, -0.1) is 0 Å². The molecule has 1 rings (SSSR count). The van der Waals surface area contributed by atoms with Crippen LogP contribution in [-0.4, -0.2) is 22.0 Å². The molecule has 0 bridgehead atoms. The minimum Gasteiger partial charge on any atom is -0.293 e. The molecule has 0 fully saturated rings. The molecule has 1 atom stereocenters. The Balaban J connectivity index is 2.83. The maximum atomic E-state index is 11.4. The Morgan fingerprint density at radius 1 is 1.54 bits per heavy atom. The largest absolute Gasteiger partial charge is 0.293 e. The number of carbonyl (C=O) groups is 1. The van der Waals surface area contributed by atoms with Gasteiger partial charge >= 0.3 is 0 Å². The molecule has 70 valence electrons. The second-order valence-electron chi connectivity index (χ2n) is 2.65. The zero-order chi connectivity index (χ0) is 9.84. The third-order valence-corrected chi connectivity index (χ3v) is 2.38. The third-order valence-electron chi connectivity index (χ3n) is 1.48. The summed E-state index contributed by atoms with van der Waals surface area (Å²) >= 11 is 5.70. The smallest absolute Gasteiger partial charge is 0.175 e. The maximum absolute atomic E-state index is 11.4. The van der Waals surface area contributed by atoms with E-state index in [2.05, 4.69) is 0 Å². The lowest BCUT2D eigenvalue weighted by Gasteiger charge is -1.98. The van der Waals surface area contributed by atoms with Crippen LogP contribution in [0.5, 0.6) is 0 Å². The number of rotatable bonds is 3.